The van der Waals surface area contributed by atoms with Crippen LogP contribution in [0.3, 0.4) is 0 Å². The molecule has 1 aliphatic rings. The Hall–Kier alpha value is -2.19. The molecular formula is C21H26BrNO5Si. The van der Waals surface area contributed by atoms with E-state index >= 15 is 0 Å². The van der Waals surface area contributed by atoms with Gasteiger partial charge in [0.05, 0.1) is 22.3 Å². The van der Waals surface area contributed by atoms with Crippen molar-refractivity contribution in [2.24, 2.45) is 0 Å². The number of halogens is 1. The van der Waals surface area contributed by atoms with E-state index < -0.39 is 8.07 Å². The number of amides is 1. The van der Waals surface area contributed by atoms with E-state index in [4.69, 9.17) is 18.9 Å². The molecule has 6 nitrogen and oxygen atoms in total. The highest BCUT2D eigenvalue weighted by atomic mass is 79.9. The second kappa shape index (κ2) is 8.67. The normalized spacial score (nSPS) is 12.6. The van der Waals surface area contributed by atoms with E-state index in [1.807, 2.05) is 24.3 Å². The lowest BCUT2D eigenvalue weighted by atomic mass is 10.1. The molecule has 29 heavy (non-hydrogen) atoms. The first-order valence-corrected chi connectivity index (χ1v) is 13.7. The Morgan fingerprint density at radius 1 is 1.14 bits per heavy atom. The van der Waals surface area contributed by atoms with Crippen LogP contribution in [-0.4, -0.2) is 41.5 Å². The summed E-state index contributed by atoms with van der Waals surface area (Å²) in [6, 6.07) is 7.44. The highest BCUT2D eigenvalue weighted by Crippen LogP contribution is 2.34. The summed E-state index contributed by atoms with van der Waals surface area (Å²) >= 11 is 3.56. The molecule has 0 bridgehead atoms. The van der Waals surface area contributed by atoms with Gasteiger partial charge in [0.1, 0.15) is 0 Å². The first-order chi connectivity index (χ1) is 13.8. The summed E-state index contributed by atoms with van der Waals surface area (Å²) in [5.41, 5.74) is 1.69. The molecule has 0 atom stereocenters. The summed E-state index contributed by atoms with van der Waals surface area (Å²) < 4.78 is 22.8. The van der Waals surface area contributed by atoms with Crippen LogP contribution in [0.1, 0.15) is 15.9 Å². The number of methoxy groups -OCH3 is 2. The van der Waals surface area contributed by atoms with Crippen LogP contribution in [0.25, 0.3) is 0 Å². The van der Waals surface area contributed by atoms with Crippen LogP contribution < -0.4 is 29.5 Å². The monoisotopic (exact) mass is 479 g/mol. The summed E-state index contributed by atoms with van der Waals surface area (Å²) in [6.07, 6.45) is 0.652. The number of ether oxygens (including phenoxy) is 4. The fourth-order valence-electron chi connectivity index (χ4n) is 3.40. The molecule has 1 N–H and O–H groups in total. The molecule has 1 amide bonds. The smallest absolute Gasteiger partial charge is 0.251 e. The van der Waals surface area contributed by atoms with Gasteiger partial charge in [-0.2, -0.15) is 0 Å². The van der Waals surface area contributed by atoms with Crippen molar-refractivity contribution in [3.8, 4) is 23.0 Å². The Labute approximate surface area is 180 Å². The van der Waals surface area contributed by atoms with Crippen molar-refractivity contribution in [2.75, 3.05) is 27.6 Å². The molecular weight excluding hydrogens is 454 g/mol. The zero-order chi connectivity index (χ0) is 21.2. The Balaban J connectivity index is 1.76. The lowest BCUT2D eigenvalue weighted by molar-refractivity contribution is 0.0955. The van der Waals surface area contributed by atoms with Gasteiger partial charge < -0.3 is 24.3 Å². The molecule has 1 heterocycles. The van der Waals surface area contributed by atoms with E-state index in [9.17, 15) is 4.79 Å². The SMILES string of the molecule is COc1cc(Br)c(CCNC(=O)c2ccc3c(c2[Si](C)(C)C)OCO3)cc1OC. The fourth-order valence-corrected chi connectivity index (χ4v) is 5.80. The maximum absolute atomic E-state index is 13.0. The van der Waals surface area contributed by atoms with Crippen molar-refractivity contribution in [3.63, 3.8) is 0 Å². The number of fused-ring (bicyclic) bond motifs is 1. The summed E-state index contributed by atoms with van der Waals surface area (Å²) in [6.45, 7) is 7.28. The van der Waals surface area contributed by atoms with Gasteiger partial charge in [0, 0.05) is 16.6 Å². The van der Waals surface area contributed by atoms with Crippen molar-refractivity contribution in [3.05, 3.63) is 39.9 Å². The maximum Gasteiger partial charge on any atom is 0.251 e. The van der Waals surface area contributed by atoms with Gasteiger partial charge in [-0.15, -0.1) is 0 Å². The highest BCUT2D eigenvalue weighted by Gasteiger charge is 2.32. The van der Waals surface area contributed by atoms with Crippen LogP contribution in [0.15, 0.2) is 28.7 Å². The highest BCUT2D eigenvalue weighted by molar-refractivity contribution is 9.10. The van der Waals surface area contributed by atoms with Gasteiger partial charge in [-0.05, 0) is 41.4 Å². The van der Waals surface area contributed by atoms with Gasteiger partial charge in [0.15, 0.2) is 23.0 Å². The fraction of sp³-hybridized carbons (Fsp3) is 0.381. The first-order valence-electron chi connectivity index (χ1n) is 9.38. The summed E-state index contributed by atoms with van der Waals surface area (Å²) in [4.78, 5) is 13.0. The average Bonchev–Trinajstić information content (AvgIpc) is 3.15. The minimum Gasteiger partial charge on any atom is -0.493 e. The van der Waals surface area contributed by atoms with Gasteiger partial charge in [0.25, 0.3) is 5.91 Å². The Bertz CT molecular complexity index is 926. The maximum atomic E-state index is 13.0. The standard InChI is InChI=1S/C21H26BrNO5Si/c1-25-17-10-13(15(22)11-18(17)26-2)8-9-23-21(24)14-6-7-16-19(28-12-27-16)20(14)29(3,4)5/h6-7,10-11H,8-9,12H2,1-5H3,(H,23,24). The molecule has 0 unspecified atom stereocenters. The predicted octanol–water partition coefficient (Wildman–Crippen LogP) is 3.71. The van der Waals surface area contributed by atoms with Crippen LogP contribution in [0.4, 0.5) is 0 Å². The van der Waals surface area contributed by atoms with E-state index in [1.165, 1.54) is 0 Å². The zero-order valence-electron chi connectivity index (χ0n) is 17.3. The van der Waals surface area contributed by atoms with Gasteiger partial charge >= 0.3 is 0 Å². The molecule has 3 rings (SSSR count). The van der Waals surface area contributed by atoms with Gasteiger partial charge in [0.2, 0.25) is 6.79 Å². The second-order valence-electron chi connectivity index (χ2n) is 7.78. The Morgan fingerprint density at radius 3 is 2.48 bits per heavy atom. The van der Waals surface area contributed by atoms with E-state index in [-0.39, 0.29) is 12.7 Å². The molecule has 0 saturated heterocycles. The molecule has 2 aromatic carbocycles. The van der Waals surface area contributed by atoms with Crippen LogP contribution in [-0.2, 0) is 6.42 Å². The number of hydrogen-bond donors (Lipinski definition) is 1. The lowest BCUT2D eigenvalue weighted by Crippen LogP contribution is -2.44. The molecule has 156 valence electrons. The third-order valence-electron chi connectivity index (χ3n) is 4.77. The van der Waals surface area contributed by atoms with Crippen molar-refractivity contribution >= 4 is 35.1 Å². The zero-order valence-corrected chi connectivity index (χ0v) is 19.9. The van der Waals surface area contributed by atoms with Gasteiger partial charge in [-0.1, -0.05) is 35.6 Å². The minimum atomic E-state index is -1.84. The average molecular weight is 480 g/mol. The molecule has 0 fully saturated rings. The summed E-state index contributed by atoms with van der Waals surface area (Å²) in [5, 5.41) is 4.04. The quantitative estimate of drug-likeness (QED) is 0.613. The summed E-state index contributed by atoms with van der Waals surface area (Å²) in [5.74, 6) is 2.66. The van der Waals surface area contributed by atoms with Crippen LogP contribution in [0.2, 0.25) is 19.6 Å². The molecule has 0 spiro atoms. The third kappa shape index (κ3) is 4.53. The Kier molecular flexibility index (Phi) is 6.43. The van der Waals surface area contributed by atoms with E-state index in [1.54, 1.807) is 14.2 Å². The topological polar surface area (TPSA) is 66.0 Å². The molecule has 2 aromatic rings. The largest absolute Gasteiger partial charge is 0.493 e. The number of rotatable bonds is 7. The number of benzene rings is 2. The van der Waals surface area contributed by atoms with Gasteiger partial charge in [-0.25, -0.2) is 0 Å². The van der Waals surface area contributed by atoms with Crippen LogP contribution in [0.5, 0.6) is 23.0 Å². The number of hydrogen-bond acceptors (Lipinski definition) is 5. The van der Waals surface area contributed by atoms with E-state index in [0.717, 1.165) is 21.0 Å². The van der Waals surface area contributed by atoms with E-state index in [0.29, 0.717) is 35.8 Å². The predicted molar refractivity (Wildman–Crippen MR) is 119 cm³/mol. The van der Waals surface area contributed by atoms with Crippen molar-refractivity contribution in [1.29, 1.82) is 0 Å². The van der Waals surface area contributed by atoms with Crippen molar-refractivity contribution in [1.82, 2.24) is 5.32 Å². The van der Waals surface area contributed by atoms with Gasteiger partial charge in [-0.3, -0.25) is 4.79 Å². The van der Waals surface area contributed by atoms with Crippen molar-refractivity contribution < 1.29 is 23.7 Å². The summed E-state index contributed by atoms with van der Waals surface area (Å²) in [7, 11) is 1.37. The van der Waals surface area contributed by atoms with Crippen molar-refractivity contribution in [2.45, 2.75) is 26.1 Å². The van der Waals surface area contributed by atoms with Crippen LogP contribution >= 0.6 is 15.9 Å². The minimum absolute atomic E-state index is 0.0997. The molecule has 0 radical (unpaired) electrons. The molecule has 0 aromatic heterocycles. The second-order valence-corrected chi connectivity index (χ2v) is 13.6. The molecule has 1 aliphatic heterocycles. The number of carbonyl (C=O) groups is 1. The third-order valence-corrected chi connectivity index (χ3v) is 7.50. The Morgan fingerprint density at radius 2 is 1.83 bits per heavy atom. The number of nitrogens with one attached hydrogen (secondary N) is 1. The molecule has 0 aliphatic carbocycles. The molecule has 8 heteroatoms. The number of carbonyl (C=O) groups excluding carboxylic acids is 1. The lowest BCUT2D eigenvalue weighted by Gasteiger charge is -2.22. The van der Waals surface area contributed by atoms with Crippen LogP contribution in [0, 0.1) is 0 Å². The first kappa shape index (κ1) is 21.5. The van der Waals surface area contributed by atoms with E-state index in [2.05, 4.69) is 40.9 Å². The molecule has 0 saturated carbocycles.